The molecule has 0 aliphatic heterocycles. The van der Waals surface area contributed by atoms with Crippen molar-refractivity contribution in [2.45, 2.75) is 51.5 Å². The number of nitriles is 1. The van der Waals surface area contributed by atoms with Crippen molar-refractivity contribution in [2.24, 2.45) is 5.73 Å². The summed E-state index contributed by atoms with van der Waals surface area (Å²) in [6, 6.07) is 2.13. The Bertz CT molecular complexity index is 194. The Morgan fingerprint density at radius 2 is 1.87 bits per heavy atom. The van der Waals surface area contributed by atoms with Crippen LogP contribution in [-0.4, -0.2) is 30.6 Å². The highest BCUT2D eigenvalue weighted by Gasteiger charge is 2.15. The SMILES string of the molecule is CCCCN(C)CCCCC(C)(N)C#N. The predicted octanol–water partition coefficient (Wildman–Crippen LogP) is 2.13. The zero-order valence-electron chi connectivity index (χ0n) is 10.4. The van der Waals surface area contributed by atoms with Gasteiger partial charge in [-0.15, -0.1) is 0 Å². The first-order valence-electron chi connectivity index (χ1n) is 5.90. The van der Waals surface area contributed by atoms with E-state index in [4.69, 9.17) is 11.0 Å². The van der Waals surface area contributed by atoms with Gasteiger partial charge in [-0.05, 0) is 52.7 Å². The molecule has 0 heterocycles. The van der Waals surface area contributed by atoms with Crippen molar-refractivity contribution >= 4 is 0 Å². The molecule has 1 unspecified atom stereocenters. The van der Waals surface area contributed by atoms with Gasteiger partial charge in [-0.1, -0.05) is 13.3 Å². The van der Waals surface area contributed by atoms with E-state index in [1.807, 2.05) is 0 Å². The highest BCUT2D eigenvalue weighted by atomic mass is 15.1. The van der Waals surface area contributed by atoms with Crippen LogP contribution in [0.2, 0.25) is 0 Å². The zero-order chi connectivity index (χ0) is 11.7. The minimum atomic E-state index is -0.637. The molecule has 88 valence electrons. The molecule has 0 aliphatic rings. The Morgan fingerprint density at radius 1 is 1.27 bits per heavy atom. The Morgan fingerprint density at radius 3 is 2.40 bits per heavy atom. The van der Waals surface area contributed by atoms with Crippen molar-refractivity contribution in [1.82, 2.24) is 4.90 Å². The first-order chi connectivity index (χ1) is 7.02. The van der Waals surface area contributed by atoms with Crippen LogP contribution < -0.4 is 5.73 Å². The standard InChI is InChI=1S/C12H25N3/c1-4-5-9-15(3)10-7-6-8-12(2,14)11-13/h4-10,14H2,1-3H3. The lowest BCUT2D eigenvalue weighted by Gasteiger charge is -2.18. The molecule has 0 spiro atoms. The van der Waals surface area contributed by atoms with Gasteiger partial charge in [0, 0.05) is 0 Å². The van der Waals surface area contributed by atoms with Crippen LogP contribution in [0.4, 0.5) is 0 Å². The van der Waals surface area contributed by atoms with E-state index in [9.17, 15) is 0 Å². The third-order valence-electron chi connectivity index (χ3n) is 2.63. The van der Waals surface area contributed by atoms with Gasteiger partial charge in [-0.2, -0.15) is 5.26 Å². The molecule has 0 bridgehead atoms. The van der Waals surface area contributed by atoms with E-state index in [2.05, 4.69) is 24.9 Å². The Labute approximate surface area is 94.2 Å². The maximum atomic E-state index is 8.73. The first kappa shape index (κ1) is 14.4. The molecule has 15 heavy (non-hydrogen) atoms. The number of rotatable bonds is 8. The Balaban J connectivity index is 3.43. The van der Waals surface area contributed by atoms with Gasteiger partial charge < -0.3 is 10.6 Å². The summed E-state index contributed by atoms with van der Waals surface area (Å²) in [5, 5.41) is 8.73. The fraction of sp³-hybridized carbons (Fsp3) is 0.917. The van der Waals surface area contributed by atoms with Gasteiger partial charge in [-0.3, -0.25) is 0 Å². The van der Waals surface area contributed by atoms with E-state index < -0.39 is 5.54 Å². The quantitative estimate of drug-likeness (QED) is 0.626. The average molecular weight is 211 g/mol. The van der Waals surface area contributed by atoms with E-state index in [1.54, 1.807) is 6.92 Å². The maximum absolute atomic E-state index is 8.73. The molecular weight excluding hydrogens is 186 g/mol. The fourth-order valence-corrected chi connectivity index (χ4v) is 1.47. The topological polar surface area (TPSA) is 53.0 Å². The second kappa shape index (κ2) is 7.67. The van der Waals surface area contributed by atoms with E-state index in [0.717, 1.165) is 25.8 Å². The normalized spacial score (nSPS) is 14.9. The lowest BCUT2D eigenvalue weighted by molar-refractivity contribution is 0.315. The van der Waals surface area contributed by atoms with Crippen molar-refractivity contribution in [3.05, 3.63) is 0 Å². The molecule has 0 fully saturated rings. The second-order valence-electron chi connectivity index (χ2n) is 4.64. The van der Waals surface area contributed by atoms with Crippen LogP contribution in [0.1, 0.15) is 46.0 Å². The van der Waals surface area contributed by atoms with E-state index in [1.165, 1.54) is 19.4 Å². The molecule has 3 nitrogen and oxygen atoms in total. The van der Waals surface area contributed by atoms with Crippen LogP contribution in [-0.2, 0) is 0 Å². The summed E-state index contributed by atoms with van der Waals surface area (Å²) in [5.41, 5.74) is 5.10. The number of unbranched alkanes of at least 4 members (excludes halogenated alkanes) is 2. The molecular formula is C12H25N3. The first-order valence-corrected chi connectivity index (χ1v) is 5.90. The van der Waals surface area contributed by atoms with Gasteiger partial charge in [0.2, 0.25) is 0 Å². The molecule has 0 rings (SSSR count). The monoisotopic (exact) mass is 211 g/mol. The summed E-state index contributed by atoms with van der Waals surface area (Å²) in [6.45, 7) is 6.30. The summed E-state index contributed by atoms with van der Waals surface area (Å²) in [7, 11) is 2.15. The number of nitrogens with zero attached hydrogens (tertiary/aromatic N) is 2. The highest BCUT2D eigenvalue weighted by Crippen LogP contribution is 2.09. The number of nitrogens with two attached hydrogens (primary N) is 1. The molecule has 2 N–H and O–H groups in total. The third kappa shape index (κ3) is 8.41. The minimum Gasteiger partial charge on any atom is -0.314 e. The van der Waals surface area contributed by atoms with Crippen LogP contribution in [0.3, 0.4) is 0 Å². The molecule has 0 radical (unpaired) electrons. The van der Waals surface area contributed by atoms with Gasteiger partial charge in [0.1, 0.15) is 5.54 Å². The van der Waals surface area contributed by atoms with Gasteiger partial charge in [0.25, 0.3) is 0 Å². The summed E-state index contributed by atoms with van der Waals surface area (Å²) in [5.74, 6) is 0. The molecule has 0 aromatic carbocycles. The Kier molecular flexibility index (Phi) is 7.37. The van der Waals surface area contributed by atoms with Crippen LogP contribution in [0, 0.1) is 11.3 Å². The molecule has 0 saturated carbocycles. The molecule has 0 aliphatic carbocycles. The van der Waals surface area contributed by atoms with Crippen molar-refractivity contribution in [1.29, 1.82) is 5.26 Å². The summed E-state index contributed by atoms with van der Waals surface area (Å²) >= 11 is 0. The zero-order valence-corrected chi connectivity index (χ0v) is 10.4. The van der Waals surface area contributed by atoms with Gasteiger partial charge in [-0.25, -0.2) is 0 Å². The van der Waals surface area contributed by atoms with Crippen molar-refractivity contribution in [3.63, 3.8) is 0 Å². The van der Waals surface area contributed by atoms with Crippen molar-refractivity contribution < 1.29 is 0 Å². The van der Waals surface area contributed by atoms with Gasteiger partial charge >= 0.3 is 0 Å². The average Bonchev–Trinajstić information content (AvgIpc) is 2.21. The number of hydrogen-bond donors (Lipinski definition) is 1. The van der Waals surface area contributed by atoms with Crippen molar-refractivity contribution in [3.8, 4) is 6.07 Å². The molecule has 3 heteroatoms. The lowest BCUT2D eigenvalue weighted by Crippen LogP contribution is -2.34. The van der Waals surface area contributed by atoms with E-state index >= 15 is 0 Å². The molecule has 0 aromatic heterocycles. The molecule has 0 saturated heterocycles. The lowest BCUT2D eigenvalue weighted by atomic mass is 9.98. The van der Waals surface area contributed by atoms with E-state index in [0.29, 0.717) is 0 Å². The van der Waals surface area contributed by atoms with Crippen LogP contribution in [0.5, 0.6) is 0 Å². The molecule has 0 amide bonds. The maximum Gasteiger partial charge on any atom is 0.101 e. The summed E-state index contributed by atoms with van der Waals surface area (Å²) in [6.07, 6.45) is 5.49. The Hall–Kier alpha value is -0.590. The highest BCUT2D eigenvalue weighted by molar-refractivity contribution is 5.00. The number of hydrogen-bond acceptors (Lipinski definition) is 3. The largest absolute Gasteiger partial charge is 0.314 e. The van der Waals surface area contributed by atoms with Gasteiger partial charge in [0.15, 0.2) is 0 Å². The van der Waals surface area contributed by atoms with Crippen LogP contribution >= 0.6 is 0 Å². The fourth-order valence-electron chi connectivity index (χ4n) is 1.47. The third-order valence-corrected chi connectivity index (χ3v) is 2.63. The predicted molar refractivity (Wildman–Crippen MR) is 64.5 cm³/mol. The molecule has 1 atom stereocenters. The second-order valence-corrected chi connectivity index (χ2v) is 4.64. The molecule has 0 aromatic rings. The summed E-state index contributed by atoms with van der Waals surface area (Å²) < 4.78 is 0. The van der Waals surface area contributed by atoms with Crippen LogP contribution in [0.25, 0.3) is 0 Å². The van der Waals surface area contributed by atoms with Gasteiger partial charge in [0.05, 0.1) is 6.07 Å². The van der Waals surface area contributed by atoms with Crippen molar-refractivity contribution in [2.75, 3.05) is 20.1 Å². The van der Waals surface area contributed by atoms with Crippen LogP contribution in [0.15, 0.2) is 0 Å². The smallest absolute Gasteiger partial charge is 0.101 e. The summed E-state index contributed by atoms with van der Waals surface area (Å²) in [4.78, 5) is 2.35. The minimum absolute atomic E-state index is 0.637. The van der Waals surface area contributed by atoms with E-state index in [-0.39, 0.29) is 0 Å².